The van der Waals surface area contributed by atoms with E-state index in [1.807, 2.05) is 11.8 Å². The number of hydrogen-bond donors (Lipinski definition) is 0. The number of halogens is 1. The zero-order chi connectivity index (χ0) is 13.0. The summed E-state index contributed by atoms with van der Waals surface area (Å²) in [5.74, 6) is 1.13. The third kappa shape index (κ3) is 3.95. The van der Waals surface area contributed by atoms with E-state index in [9.17, 15) is 4.79 Å². The summed E-state index contributed by atoms with van der Waals surface area (Å²) in [5, 5.41) is 0.809. The van der Waals surface area contributed by atoms with Crippen molar-refractivity contribution in [2.75, 3.05) is 18.4 Å². The summed E-state index contributed by atoms with van der Waals surface area (Å²) in [6.07, 6.45) is 7.52. The Morgan fingerprint density at radius 3 is 2.72 bits per heavy atom. The quantitative estimate of drug-likeness (QED) is 0.746. The van der Waals surface area contributed by atoms with Gasteiger partial charge in [0, 0.05) is 24.8 Å². The van der Waals surface area contributed by atoms with Crippen molar-refractivity contribution in [3.05, 3.63) is 0 Å². The Labute approximate surface area is 118 Å². The van der Waals surface area contributed by atoms with E-state index < -0.39 is 0 Å². The summed E-state index contributed by atoms with van der Waals surface area (Å²) in [6.45, 7) is 3.55. The average molecular weight is 318 g/mol. The minimum atomic E-state index is 0.157. The molecule has 2 unspecified atom stereocenters. The number of rotatable bonds is 4. The molecule has 2 fully saturated rings. The van der Waals surface area contributed by atoms with Gasteiger partial charge in [-0.25, -0.2) is 0 Å². The molecule has 1 heterocycles. The number of carbonyl (C=O) groups excluding carboxylic acids is 1. The van der Waals surface area contributed by atoms with Crippen molar-refractivity contribution in [2.45, 2.75) is 57.7 Å². The van der Waals surface area contributed by atoms with Gasteiger partial charge in [-0.1, -0.05) is 41.6 Å². The van der Waals surface area contributed by atoms with Crippen LogP contribution in [0.3, 0.4) is 0 Å². The van der Waals surface area contributed by atoms with Gasteiger partial charge < -0.3 is 9.64 Å². The molecule has 2 atom stereocenters. The second-order valence-corrected chi connectivity index (χ2v) is 6.36. The van der Waals surface area contributed by atoms with Crippen molar-refractivity contribution < 1.29 is 9.53 Å². The fourth-order valence-corrected chi connectivity index (χ4v) is 3.48. The summed E-state index contributed by atoms with van der Waals surface area (Å²) in [7, 11) is 0. The Balaban J connectivity index is 1.76. The molecule has 0 spiro atoms. The maximum absolute atomic E-state index is 12.2. The second-order valence-electron chi connectivity index (χ2n) is 5.71. The summed E-state index contributed by atoms with van der Waals surface area (Å²) in [5.41, 5.74) is 0. The lowest BCUT2D eigenvalue weighted by atomic mass is 10.0. The molecule has 0 aromatic rings. The Morgan fingerprint density at radius 2 is 2.06 bits per heavy atom. The molecular formula is C14H24BrNO2. The molecule has 3 nitrogen and oxygen atoms in total. The first-order valence-corrected chi connectivity index (χ1v) is 8.30. The Morgan fingerprint density at radius 1 is 1.33 bits per heavy atom. The minimum absolute atomic E-state index is 0.157. The first-order chi connectivity index (χ1) is 8.69. The maximum atomic E-state index is 12.2. The lowest BCUT2D eigenvalue weighted by molar-refractivity contribution is -0.143. The first-order valence-electron chi connectivity index (χ1n) is 7.18. The van der Waals surface area contributed by atoms with Gasteiger partial charge in [0.25, 0.3) is 0 Å². The van der Waals surface area contributed by atoms with Crippen LogP contribution in [0.15, 0.2) is 0 Å². The van der Waals surface area contributed by atoms with Crippen molar-refractivity contribution in [1.29, 1.82) is 0 Å². The van der Waals surface area contributed by atoms with E-state index in [4.69, 9.17) is 4.74 Å². The minimum Gasteiger partial charge on any atom is -0.371 e. The zero-order valence-corrected chi connectivity index (χ0v) is 12.8. The van der Waals surface area contributed by atoms with Gasteiger partial charge in [0.05, 0.1) is 12.2 Å². The second kappa shape index (κ2) is 6.90. The van der Waals surface area contributed by atoms with Crippen LogP contribution in [0.5, 0.6) is 0 Å². The van der Waals surface area contributed by atoms with Gasteiger partial charge in [0.15, 0.2) is 0 Å². The standard InChI is InChI=1S/C14H24BrNO2/c1-11-9-16(10-13(8-15)18-11)14(17)7-6-12-4-2-3-5-12/h11-13H,2-10H2,1H3. The van der Waals surface area contributed by atoms with Gasteiger partial charge >= 0.3 is 0 Å². The molecule has 0 aromatic carbocycles. The van der Waals surface area contributed by atoms with E-state index in [0.717, 1.165) is 37.2 Å². The molecule has 104 valence electrons. The smallest absolute Gasteiger partial charge is 0.222 e. The molecule has 2 aliphatic rings. The number of alkyl halides is 1. The third-order valence-corrected chi connectivity index (χ3v) is 4.81. The summed E-state index contributed by atoms with van der Waals surface area (Å²) in [4.78, 5) is 14.2. The van der Waals surface area contributed by atoms with Gasteiger partial charge in [-0.2, -0.15) is 0 Å². The van der Waals surface area contributed by atoms with Crippen molar-refractivity contribution in [3.8, 4) is 0 Å². The number of amides is 1. The van der Waals surface area contributed by atoms with Crippen LogP contribution < -0.4 is 0 Å². The van der Waals surface area contributed by atoms with E-state index in [2.05, 4.69) is 15.9 Å². The highest BCUT2D eigenvalue weighted by atomic mass is 79.9. The third-order valence-electron chi connectivity index (χ3n) is 4.09. The van der Waals surface area contributed by atoms with E-state index in [0.29, 0.717) is 5.91 Å². The van der Waals surface area contributed by atoms with Crippen LogP contribution in [0.1, 0.15) is 45.4 Å². The van der Waals surface area contributed by atoms with Crippen LogP contribution in [-0.4, -0.2) is 41.4 Å². The van der Waals surface area contributed by atoms with Crippen molar-refractivity contribution in [1.82, 2.24) is 4.90 Å². The van der Waals surface area contributed by atoms with E-state index >= 15 is 0 Å². The van der Waals surface area contributed by atoms with Crippen LogP contribution in [0.4, 0.5) is 0 Å². The SMILES string of the molecule is CC1CN(C(=O)CCC2CCCC2)CC(CBr)O1. The molecular weight excluding hydrogens is 294 g/mol. The predicted molar refractivity (Wildman–Crippen MR) is 75.9 cm³/mol. The molecule has 18 heavy (non-hydrogen) atoms. The highest BCUT2D eigenvalue weighted by Crippen LogP contribution is 2.29. The van der Waals surface area contributed by atoms with Crippen LogP contribution in [0.25, 0.3) is 0 Å². The maximum Gasteiger partial charge on any atom is 0.222 e. The monoisotopic (exact) mass is 317 g/mol. The average Bonchev–Trinajstić information content (AvgIpc) is 2.88. The van der Waals surface area contributed by atoms with Crippen molar-refractivity contribution >= 4 is 21.8 Å². The Kier molecular flexibility index (Phi) is 5.49. The molecule has 0 bridgehead atoms. The highest BCUT2D eigenvalue weighted by Gasteiger charge is 2.28. The normalized spacial score (nSPS) is 29.8. The lowest BCUT2D eigenvalue weighted by Crippen LogP contribution is -2.49. The van der Waals surface area contributed by atoms with E-state index in [1.165, 1.54) is 25.7 Å². The van der Waals surface area contributed by atoms with E-state index in [1.54, 1.807) is 0 Å². The lowest BCUT2D eigenvalue weighted by Gasteiger charge is -2.36. The fourth-order valence-electron chi connectivity index (χ4n) is 3.12. The Bertz CT molecular complexity index is 279. The highest BCUT2D eigenvalue weighted by molar-refractivity contribution is 9.09. The summed E-state index contributed by atoms with van der Waals surface area (Å²) < 4.78 is 5.75. The summed E-state index contributed by atoms with van der Waals surface area (Å²) in [6, 6.07) is 0. The van der Waals surface area contributed by atoms with Crippen LogP contribution >= 0.6 is 15.9 Å². The number of carbonyl (C=O) groups is 1. The van der Waals surface area contributed by atoms with Crippen LogP contribution in [-0.2, 0) is 9.53 Å². The largest absolute Gasteiger partial charge is 0.371 e. The van der Waals surface area contributed by atoms with Crippen molar-refractivity contribution in [2.24, 2.45) is 5.92 Å². The fraction of sp³-hybridized carbons (Fsp3) is 0.929. The molecule has 0 radical (unpaired) electrons. The van der Waals surface area contributed by atoms with E-state index in [-0.39, 0.29) is 12.2 Å². The van der Waals surface area contributed by atoms with Gasteiger partial charge in [-0.3, -0.25) is 4.79 Å². The van der Waals surface area contributed by atoms with Crippen LogP contribution in [0.2, 0.25) is 0 Å². The molecule has 1 amide bonds. The van der Waals surface area contributed by atoms with Gasteiger partial charge in [0.1, 0.15) is 0 Å². The topological polar surface area (TPSA) is 29.5 Å². The molecule has 1 saturated carbocycles. The number of ether oxygens (including phenoxy) is 1. The molecule has 0 aromatic heterocycles. The Hall–Kier alpha value is -0.0900. The molecule has 1 saturated heterocycles. The number of morpholine rings is 1. The predicted octanol–water partition coefficient (Wildman–Crippen LogP) is 2.97. The first kappa shape index (κ1) is 14.3. The molecule has 4 heteroatoms. The summed E-state index contributed by atoms with van der Waals surface area (Å²) >= 11 is 3.44. The van der Waals surface area contributed by atoms with Crippen molar-refractivity contribution in [3.63, 3.8) is 0 Å². The molecule has 2 rings (SSSR count). The molecule has 0 N–H and O–H groups in total. The number of nitrogens with zero attached hydrogens (tertiary/aromatic N) is 1. The van der Waals surface area contributed by atoms with Gasteiger partial charge in [-0.05, 0) is 19.3 Å². The van der Waals surface area contributed by atoms with Gasteiger partial charge in [-0.15, -0.1) is 0 Å². The zero-order valence-electron chi connectivity index (χ0n) is 11.2. The van der Waals surface area contributed by atoms with Crippen LogP contribution in [0, 0.1) is 5.92 Å². The van der Waals surface area contributed by atoms with Gasteiger partial charge in [0.2, 0.25) is 5.91 Å². The molecule has 1 aliphatic heterocycles. The molecule has 1 aliphatic carbocycles. The number of hydrogen-bond acceptors (Lipinski definition) is 2.